The number of para-hydroxylation sites is 1. The van der Waals surface area contributed by atoms with Crippen molar-refractivity contribution in [3.05, 3.63) is 78.1 Å². The normalized spacial score (nSPS) is 10.9. The van der Waals surface area contributed by atoms with Crippen molar-refractivity contribution in [1.29, 1.82) is 0 Å². The Kier molecular flexibility index (Phi) is 3.83. The van der Waals surface area contributed by atoms with Crippen molar-refractivity contribution in [2.45, 2.75) is 6.92 Å². The molecule has 0 fully saturated rings. The molecule has 0 amide bonds. The molecule has 3 aromatic rings. The molecule has 1 aromatic heterocycles. The third kappa shape index (κ3) is 3.39. The van der Waals surface area contributed by atoms with Gasteiger partial charge in [0.05, 0.1) is 11.9 Å². The molecule has 0 saturated carbocycles. The summed E-state index contributed by atoms with van der Waals surface area (Å²) in [6, 6.07) is 21.9. The van der Waals surface area contributed by atoms with Crippen molar-refractivity contribution < 1.29 is 4.42 Å². The SMILES string of the molecule is Cc1ccc(-c2ccc(C=NNc3ccccc3)cc2)o1. The molecule has 0 spiro atoms. The molecular weight excluding hydrogens is 260 g/mol. The van der Waals surface area contributed by atoms with Gasteiger partial charge in [-0.05, 0) is 36.8 Å². The molecule has 0 aliphatic carbocycles. The molecular formula is C18H16N2O. The van der Waals surface area contributed by atoms with E-state index in [2.05, 4.69) is 10.5 Å². The molecule has 104 valence electrons. The number of aryl methyl sites for hydroxylation is 1. The summed E-state index contributed by atoms with van der Waals surface area (Å²) in [4.78, 5) is 0. The fraction of sp³-hybridized carbons (Fsp3) is 0.0556. The highest BCUT2D eigenvalue weighted by Crippen LogP contribution is 2.21. The van der Waals surface area contributed by atoms with Crippen molar-refractivity contribution in [3.8, 4) is 11.3 Å². The van der Waals surface area contributed by atoms with E-state index in [1.807, 2.05) is 73.7 Å². The molecule has 1 N–H and O–H groups in total. The Bertz CT molecular complexity index is 727. The van der Waals surface area contributed by atoms with Crippen LogP contribution in [0.2, 0.25) is 0 Å². The molecule has 0 unspecified atom stereocenters. The molecule has 0 radical (unpaired) electrons. The van der Waals surface area contributed by atoms with Gasteiger partial charge in [0, 0.05) is 5.56 Å². The molecule has 0 aliphatic rings. The number of nitrogens with zero attached hydrogens (tertiary/aromatic N) is 1. The standard InChI is InChI=1S/C18H16N2O/c1-14-7-12-18(21-14)16-10-8-15(9-11-16)13-19-20-17-5-3-2-4-6-17/h2-13,20H,1H3. The van der Waals surface area contributed by atoms with Gasteiger partial charge in [-0.1, -0.05) is 42.5 Å². The molecule has 21 heavy (non-hydrogen) atoms. The molecule has 0 aliphatic heterocycles. The summed E-state index contributed by atoms with van der Waals surface area (Å²) in [7, 11) is 0. The molecule has 1 heterocycles. The van der Waals surface area contributed by atoms with E-state index in [1.54, 1.807) is 6.21 Å². The van der Waals surface area contributed by atoms with E-state index in [-0.39, 0.29) is 0 Å². The molecule has 3 rings (SSSR count). The molecule has 0 atom stereocenters. The van der Waals surface area contributed by atoms with Gasteiger partial charge in [0.25, 0.3) is 0 Å². The number of anilines is 1. The van der Waals surface area contributed by atoms with Crippen LogP contribution in [0.3, 0.4) is 0 Å². The van der Waals surface area contributed by atoms with Gasteiger partial charge in [0.15, 0.2) is 0 Å². The van der Waals surface area contributed by atoms with Crippen LogP contribution >= 0.6 is 0 Å². The minimum absolute atomic E-state index is 0.887. The molecule has 3 heteroatoms. The first kappa shape index (κ1) is 13.2. The Labute approximate surface area is 123 Å². The van der Waals surface area contributed by atoms with Gasteiger partial charge >= 0.3 is 0 Å². The summed E-state index contributed by atoms with van der Waals surface area (Å²) < 4.78 is 5.60. The van der Waals surface area contributed by atoms with Crippen LogP contribution in [-0.2, 0) is 0 Å². The van der Waals surface area contributed by atoms with Gasteiger partial charge in [0.2, 0.25) is 0 Å². The summed E-state index contributed by atoms with van der Waals surface area (Å²) in [6.07, 6.45) is 1.80. The molecule has 2 aromatic carbocycles. The highest BCUT2D eigenvalue weighted by molar-refractivity contribution is 5.81. The van der Waals surface area contributed by atoms with Crippen LogP contribution in [-0.4, -0.2) is 6.21 Å². The number of nitrogens with one attached hydrogen (secondary N) is 1. The van der Waals surface area contributed by atoms with Crippen LogP contribution in [0.4, 0.5) is 5.69 Å². The highest BCUT2D eigenvalue weighted by Gasteiger charge is 2.01. The zero-order valence-corrected chi connectivity index (χ0v) is 11.8. The second-order valence-electron chi connectivity index (χ2n) is 4.77. The van der Waals surface area contributed by atoms with E-state index in [1.165, 1.54) is 0 Å². The lowest BCUT2D eigenvalue weighted by molar-refractivity contribution is 0.548. The molecule has 3 nitrogen and oxygen atoms in total. The average Bonchev–Trinajstić information content (AvgIpc) is 2.96. The third-order valence-corrected chi connectivity index (χ3v) is 3.12. The largest absolute Gasteiger partial charge is 0.461 e. The predicted molar refractivity (Wildman–Crippen MR) is 86.5 cm³/mol. The third-order valence-electron chi connectivity index (χ3n) is 3.12. The zero-order valence-electron chi connectivity index (χ0n) is 11.8. The van der Waals surface area contributed by atoms with Crippen molar-refractivity contribution in [1.82, 2.24) is 0 Å². The lowest BCUT2D eigenvalue weighted by Crippen LogP contribution is -1.90. The Morgan fingerprint density at radius 1 is 0.905 bits per heavy atom. The van der Waals surface area contributed by atoms with Gasteiger partial charge in [-0.15, -0.1) is 0 Å². The Morgan fingerprint density at radius 2 is 1.67 bits per heavy atom. The van der Waals surface area contributed by atoms with Crippen molar-refractivity contribution >= 4 is 11.9 Å². The maximum atomic E-state index is 5.60. The van der Waals surface area contributed by atoms with Crippen LogP contribution in [0.1, 0.15) is 11.3 Å². The van der Waals surface area contributed by atoms with Crippen LogP contribution in [0.5, 0.6) is 0 Å². The maximum absolute atomic E-state index is 5.60. The summed E-state index contributed by atoms with van der Waals surface area (Å²) >= 11 is 0. The predicted octanol–water partition coefficient (Wildman–Crippen LogP) is 4.70. The van der Waals surface area contributed by atoms with Crippen LogP contribution < -0.4 is 5.43 Å². The monoisotopic (exact) mass is 276 g/mol. The highest BCUT2D eigenvalue weighted by atomic mass is 16.3. The van der Waals surface area contributed by atoms with E-state index >= 15 is 0 Å². The second kappa shape index (κ2) is 6.09. The van der Waals surface area contributed by atoms with Crippen LogP contribution in [0.25, 0.3) is 11.3 Å². The Morgan fingerprint density at radius 3 is 2.33 bits per heavy atom. The number of hydrogen-bond acceptors (Lipinski definition) is 3. The first-order valence-electron chi connectivity index (χ1n) is 6.82. The van der Waals surface area contributed by atoms with Gasteiger partial charge in [-0.2, -0.15) is 5.10 Å². The summed E-state index contributed by atoms with van der Waals surface area (Å²) in [6.45, 7) is 1.94. The first-order chi connectivity index (χ1) is 10.3. The van der Waals surface area contributed by atoms with E-state index in [0.29, 0.717) is 0 Å². The lowest BCUT2D eigenvalue weighted by Gasteiger charge is -2.00. The number of benzene rings is 2. The van der Waals surface area contributed by atoms with Crippen molar-refractivity contribution in [3.63, 3.8) is 0 Å². The number of hydrazone groups is 1. The van der Waals surface area contributed by atoms with E-state index < -0.39 is 0 Å². The number of furan rings is 1. The Hall–Kier alpha value is -2.81. The van der Waals surface area contributed by atoms with Crippen molar-refractivity contribution in [2.24, 2.45) is 5.10 Å². The van der Waals surface area contributed by atoms with Gasteiger partial charge in [-0.25, -0.2) is 0 Å². The fourth-order valence-electron chi connectivity index (χ4n) is 2.02. The van der Waals surface area contributed by atoms with Gasteiger partial charge in [0.1, 0.15) is 11.5 Å². The van der Waals surface area contributed by atoms with Crippen LogP contribution in [0.15, 0.2) is 76.2 Å². The maximum Gasteiger partial charge on any atom is 0.134 e. The van der Waals surface area contributed by atoms with E-state index in [4.69, 9.17) is 4.42 Å². The fourth-order valence-corrected chi connectivity index (χ4v) is 2.02. The summed E-state index contributed by atoms with van der Waals surface area (Å²) in [5.41, 5.74) is 6.06. The number of rotatable bonds is 4. The quantitative estimate of drug-likeness (QED) is 0.554. The number of hydrogen-bond donors (Lipinski definition) is 1. The summed E-state index contributed by atoms with van der Waals surface area (Å²) in [5, 5.41) is 4.22. The smallest absolute Gasteiger partial charge is 0.134 e. The second-order valence-corrected chi connectivity index (χ2v) is 4.77. The minimum atomic E-state index is 0.887. The summed E-state index contributed by atoms with van der Waals surface area (Å²) in [5.74, 6) is 1.81. The van der Waals surface area contributed by atoms with E-state index in [9.17, 15) is 0 Å². The van der Waals surface area contributed by atoms with Crippen molar-refractivity contribution in [2.75, 3.05) is 5.43 Å². The minimum Gasteiger partial charge on any atom is -0.461 e. The topological polar surface area (TPSA) is 37.5 Å². The van der Waals surface area contributed by atoms with Crippen LogP contribution in [0, 0.1) is 6.92 Å². The Balaban J connectivity index is 1.67. The zero-order chi connectivity index (χ0) is 14.5. The van der Waals surface area contributed by atoms with Gasteiger partial charge in [-0.3, -0.25) is 5.43 Å². The average molecular weight is 276 g/mol. The molecule has 0 bridgehead atoms. The molecule has 0 saturated heterocycles. The van der Waals surface area contributed by atoms with Gasteiger partial charge < -0.3 is 4.42 Å². The van der Waals surface area contributed by atoms with E-state index in [0.717, 1.165) is 28.3 Å². The lowest BCUT2D eigenvalue weighted by atomic mass is 10.1. The first-order valence-corrected chi connectivity index (χ1v) is 6.82.